The quantitative estimate of drug-likeness (QED) is 0.744. The standard InChI is InChI=1S/C16H32N2O2/c1-13(2)12-18(9-10-20-3)16(19)15-6-4-5-14(11-15)7-8-17/h13-15H,4-12,17H2,1-3H3. The van der Waals surface area contributed by atoms with Crippen LogP contribution in [0.5, 0.6) is 0 Å². The maximum Gasteiger partial charge on any atom is 0.225 e. The van der Waals surface area contributed by atoms with Crippen molar-refractivity contribution >= 4 is 5.91 Å². The molecule has 0 aliphatic heterocycles. The van der Waals surface area contributed by atoms with Crippen molar-refractivity contribution in [3.63, 3.8) is 0 Å². The molecule has 1 aliphatic rings. The van der Waals surface area contributed by atoms with Gasteiger partial charge in [-0.1, -0.05) is 26.7 Å². The number of hydrogen-bond acceptors (Lipinski definition) is 3. The number of amides is 1. The summed E-state index contributed by atoms with van der Waals surface area (Å²) in [6, 6.07) is 0. The molecule has 0 spiro atoms. The van der Waals surface area contributed by atoms with E-state index in [2.05, 4.69) is 13.8 Å². The van der Waals surface area contributed by atoms with Gasteiger partial charge in [0.2, 0.25) is 5.91 Å². The first-order valence-corrected chi connectivity index (χ1v) is 8.06. The zero-order valence-corrected chi connectivity index (χ0v) is 13.4. The molecule has 1 saturated carbocycles. The molecule has 118 valence electrons. The molecule has 4 heteroatoms. The zero-order valence-electron chi connectivity index (χ0n) is 13.4. The van der Waals surface area contributed by atoms with E-state index in [0.717, 1.165) is 32.4 Å². The molecule has 0 heterocycles. The van der Waals surface area contributed by atoms with Crippen LogP contribution < -0.4 is 5.73 Å². The van der Waals surface area contributed by atoms with Crippen molar-refractivity contribution in [1.82, 2.24) is 4.90 Å². The van der Waals surface area contributed by atoms with Crippen LogP contribution in [0.4, 0.5) is 0 Å². The van der Waals surface area contributed by atoms with E-state index in [1.165, 1.54) is 12.8 Å². The summed E-state index contributed by atoms with van der Waals surface area (Å²) in [7, 11) is 1.69. The smallest absolute Gasteiger partial charge is 0.225 e. The molecular weight excluding hydrogens is 252 g/mol. The number of methoxy groups -OCH3 is 1. The zero-order chi connectivity index (χ0) is 15.0. The highest BCUT2D eigenvalue weighted by Crippen LogP contribution is 2.32. The van der Waals surface area contributed by atoms with Crippen LogP contribution in [0.1, 0.15) is 46.0 Å². The van der Waals surface area contributed by atoms with Gasteiger partial charge in [0.25, 0.3) is 0 Å². The van der Waals surface area contributed by atoms with E-state index < -0.39 is 0 Å². The van der Waals surface area contributed by atoms with Crippen molar-refractivity contribution in [1.29, 1.82) is 0 Å². The third kappa shape index (κ3) is 5.80. The Kier molecular flexibility index (Phi) is 8.15. The maximum atomic E-state index is 12.7. The number of rotatable bonds is 8. The van der Waals surface area contributed by atoms with Crippen molar-refractivity contribution < 1.29 is 9.53 Å². The van der Waals surface area contributed by atoms with Gasteiger partial charge in [-0.2, -0.15) is 0 Å². The van der Waals surface area contributed by atoms with Gasteiger partial charge in [-0.05, 0) is 37.6 Å². The number of ether oxygens (including phenoxy) is 1. The Morgan fingerprint density at radius 1 is 1.40 bits per heavy atom. The fourth-order valence-electron chi connectivity index (χ4n) is 3.21. The Balaban J connectivity index is 2.57. The van der Waals surface area contributed by atoms with Gasteiger partial charge in [0.1, 0.15) is 0 Å². The predicted octanol–water partition coefficient (Wildman–Crippen LogP) is 2.27. The van der Waals surface area contributed by atoms with Gasteiger partial charge in [-0.25, -0.2) is 0 Å². The van der Waals surface area contributed by atoms with E-state index in [1.54, 1.807) is 7.11 Å². The monoisotopic (exact) mass is 284 g/mol. The summed E-state index contributed by atoms with van der Waals surface area (Å²) in [5, 5.41) is 0. The average molecular weight is 284 g/mol. The molecule has 4 nitrogen and oxygen atoms in total. The summed E-state index contributed by atoms with van der Waals surface area (Å²) < 4.78 is 5.14. The van der Waals surface area contributed by atoms with Crippen LogP contribution in [-0.2, 0) is 9.53 Å². The lowest BCUT2D eigenvalue weighted by atomic mass is 9.79. The van der Waals surface area contributed by atoms with Gasteiger partial charge in [-0.3, -0.25) is 4.79 Å². The van der Waals surface area contributed by atoms with Crippen molar-refractivity contribution in [2.24, 2.45) is 23.5 Å². The second-order valence-corrected chi connectivity index (χ2v) is 6.48. The van der Waals surface area contributed by atoms with Gasteiger partial charge >= 0.3 is 0 Å². The molecule has 20 heavy (non-hydrogen) atoms. The summed E-state index contributed by atoms with van der Waals surface area (Å²) >= 11 is 0. The molecule has 0 aromatic rings. The van der Waals surface area contributed by atoms with Crippen molar-refractivity contribution in [2.45, 2.75) is 46.0 Å². The average Bonchev–Trinajstić information content (AvgIpc) is 2.43. The van der Waals surface area contributed by atoms with E-state index in [1.807, 2.05) is 4.90 Å². The molecule has 1 fully saturated rings. The van der Waals surface area contributed by atoms with Crippen molar-refractivity contribution in [2.75, 3.05) is 33.4 Å². The Bertz CT molecular complexity index is 280. The van der Waals surface area contributed by atoms with Crippen LogP contribution in [-0.4, -0.2) is 44.2 Å². The molecule has 1 amide bonds. The lowest BCUT2D eigenvalue weighted by molar-refractivity contribution is -0.138. The van der Waals surface area contributed by atoms with Crippen LogP contribution >= 0.6 is 0 Å². The fourth-order valence-corrected chi connectivity index (χ4v) is 3.21. The maximum absolute atomic E-state index is 12.7. The molecular formula is C16H32N2O2. The van der Waals surface area contributed by atoms with E-state index in [4.69, 9.17) is 10.5 Å². The SMILES string of the molecule is COCCN(CC(C)C)C(=O)C1CCCC(CCN)C1. The Morgan fingerprint density at radius 2 is 2.15 bits per heavy atom. The number of nitrogens with two attached hydrogens (primary N) is 1. The molecule has 0 aromatic heterocycles. The number of carbonyl (C=O) groups excluding carboxylic acids is 1. The largest absolute Gasteiger partial charge is 0.383 e. The van der Waals surface area contributed by atoms with Gasteiger partial charge in [0.15, 0.2) is 0 Å². The molecule has 0 aromatic carbocycles. The molecule has 0 saturated heterocycles. The molecule has 2 atom stereocenters. The van der Waals surface area contributed by atoms with E-state index >= 15 is 0 Å². The molecule has 2 N–H and O–H groups in total. The van der Waals surface area contributed by atoms with Crippen LogP contribution in [0.15, 0.2) is 0 Å². The highest BCUT2D eigenvalue weighted by molar-refractivity contribution is 5.79. The van der Waals surface area contributed by atoms with E-state index in [9.17, 15) is 4.79 Å². The third-order valence-electron chi connectivity index (χ3n) is 4.17. The lowest BCUT2D eigenvalue weighted by Crippen LogP contribution is -2.42. The molecule has 1 rings (SSSR count). The highest BCUT2D eigenvalue weighted by atomic mass is 16.5. The normalized spacial score (nSPS) is 23.1. The first-order valence-electron chi connectivity index (χ1n) is 8.06. The van der Waals surface area contributed by atoms with Crippen LogP contribution in [0.2, 0.25) is 0 Å². The second kappa shape index (κ2) is 9.35. The Hall–Kier alpha value is -0.610. The number of carbonyl (C=O) groups is 1. The summed E-state index contributed by atoms with van der Waals surface area (Å²) in [5.74, 6) is 1.68. The van der Waals surface area contributed by atoms with Gasteiger partial charge in [0, 0.05) is 26.1 Å². The van der Waals surface area contributed by atoms with Crippen LogP contribution in [0.3, 0.4) is 0 Å². The minimum atomic E-state index is 0.205. The number of hydrogen-bond donors (Lipinski definition) is 1. The molecule has 2 unspecified atom stereocenters. The van der Waals surface area contributed by atoms with Crippen LogP contribution in [0, 0.1) is 17.8 Å². The first-order chi connectivity index (χ1) is 9.58. The van der Waals surface area contributed by atoms with Crippen molar-refractivity contribution in [3.8, 4) is 0 Å². The lowest BCUT2D eigenvalue weighted by Gasteiger charge is -2.33. The summed E-state index contributed by atoms with van der Waals surface area (Å²) in [5.41, 5.74) is 5.66. The second-order valence-electron chi connectivity index (χ2n) is 6.48. The van der Waals surface area contributed by atoms with E-state index in [-0.39, 0.29) is 5.92 Å². The predicted molar refractivity (Wildman–Crippen MR) is 82.4 cm³/mol. The minimum absolute atomic E-state index is 0.205. The topological polar surface area (TPSA) is 55.6 Å². The Labute approximate surface area is 124 Å². The summed E-state index contributed by atoms with van der Waals surface area (Å²) in [6.45, 7) is 7.23. The Morgan fingerprint density at radius 3 is 2.75 bits per heavy atom. The number of nitrogens with zero attached hydrogens (tertiary/aromatic N) is 1. The first kappa shape index (κ1) is 17.4. The highest BCUT2D eigenvalue weighted by Gasteiger charge is 2.30. The minimum Gasteiger partial charge on any atom is -0.383 e. The van der Waals surface area contributed by atoms with Gasteiger partial charge < -0.3 is 15.4 Å². The third-order valence-corrected chi connectivity index (χ3v) is 4.17. The van der Waals surface area contributed by atoms with Gasteiger partial charge in [0.05, 0.1) is 6.61 Å². The summed E-state index contributed by atoms with van der Waals surface area (Å²) in [6.07, 6.45) is 5.54. The molecule has 1 aliphatic carbocycles. The van der Waals surface area contributed by atoms with Crippen molar-refractivity contribution in [3.05, 3.63) is 0 Å². The fraction of sp³-hybridized carbons (Fsp3) is 0.938. The van der Waals surface area contributed by atoms with E-state index in [0.29, 0.717) is 30.9 Å². The molecule has 0 radical (unpaired) electrons. The van der Waals surface area contributed by atoms with Crippen LogP contribution in [0.25, 0.3) is 0 Å². The summed E-state index contributed by atoms with van der Waals surface area (Å²) in [4.78, 5) is 14.7. The molecule has 0 bridgehead atoms. The van der Waals surface area contributed by atoms with Gasteiger partial charge in [-0.15, -0.1) is 0 Å².